The van der Waals surface area contributed by atoms with E-state index in [2.05, 4.69) is 29.6 Å². The zero-order valence-electron chi connectivity index (χ0n) is 12.9. The van der Waals surface area contributed by atoms with Crippen molar-refractivity contribution in [3.8, 4) is 0 Å². The molecule has 1 aromatic heterocycles. The Hall–Kier alpha value is -2.15. The van der Waals surface area contributed by atoms with Gasteiger partial charge in [-0.1, -0.05) is 19.9 Å². The molecule has 118 valence electrons. The topological polar surface area (TPSA) is 76.0 Å². The maximum absolute atomic E-state index is 12.0. The smallest absolute Gasteiger partial charge is 0.308 e. The summed E-state index contributed by atoms with van der Waals surface area (Å²) in [5.41, 5.74) is 1.23. The molecule has 1 heterocycles. The molecule has 2 aromatic rings. The zero-order valence-corrected chi connectivity index (χ0v) is 13.7. The van der Waals surface area contributed by atoms with Crippen molar-refractivity contribution in [2.75, 3.05) is 16.9 Å². The summed E-state index contributed by atoms with van der Waals surface area (Å²) in [6, 6.07) is 6.60. The molecule has 0 saturated carbocycles. The number of hydrogen-bond donors (Lipinski definition) is 2. The maximum atomic E-state index is 12.0. The van der Waals surface area contributed by atoms with Gasteiger partial charge >= 0.3 is 6.03 Å². The van der Waals surface area contributed by atoms with Crippen LogP contribution >= 0.6 is 0 Å². The van der Waals surface area contributed by atoms with Crippen LogP contribution in [0.15, 0.2) is 41.6 Å². The fourth-order valence-corrected chi connectivity index (χ4v) is 2.51. The Labute approximate surface area is 132 Å². The van der Waals surface area contributed by atoms with Gasteiger partial charge in [-0.05, 0) is 24.1 Å². The highest BCUT2D eigenvalue weighted by Gasteiger charge is 2.07. The molecule has 1 aromatic carbocycles. The molecular weight excluding hydrogens is 300 g/mol. The molecule has 2 N–H and O–H groups in total. The second-order valence-electron chi connectivity index (χ2n) is 5.41. The number of nitrogens with one attached hydrogen (secondary N) is 2. The van der Waals surface area contributed by atoms with Gasteiger partial charge in [0.25, 0.3) is 0 Å². The SMILES string of the molecule is CC(C)Cn1cc(NC(=O)Nc2cccc([S@](C)=O)c2)cn1. The van der Waals surface area contributed by atoms with Gasteiger partial charge < -0.3 is 10.6 Å². The van der Waals surface area contributed by atoms with Crippen LogP contribution in [0.2, 0.25) is 0 Å². The van der Waals surface area contributed by atoms with E-state index in [1.165, 1.54) is 0 Å². The lowest BCUT2D eigenvalue weighted by molar-refractivity contribution is 0.262. The van der Waals surface area contributed by atoms with E-state index in [0.29, 0.717) is 22.2 Å². The first-order valence-electron chi connectivity index (χ1n) is 6.98. The summed E-state index contributed by atoms with van der Waals surface area (Å²) in [6.07, 6.45) is 5.00. The quantitative estimate of drug-likeness (QED) is 0.889. The van der Waals surface area contributed by atoms with Gasteiger partial charge in [0.1, 0.15) is 0 Å². The molecule has 0 spiro atoms. The second-order valence-corrected chi connectivity index (χ2v) is 6.79. The number of carbonyl (C=O) groups excluding carboxylic acids is 1. The average Bonchev–Trinajstić information content (AvgIpc) is 2.85. The molecular formula is C15H20N4O2S. The second kappa shape index (κ2) is 7.22. The van der Waals surface area contributed by atoms with E-state index in [1.807, 2.05) is 0 Å². The molecule has 0 saturated heterocycles. The third kappa shape index (κ3) is 4.70. The Balaban J connectivity index is 1.96. The predicted octanol–water partition coefficient (Wildman–Crippen LogP) is 2.92. The van der Waals surface area contributed by atoms with E-state index in [4.69, 9.17) is 0 Å². The number of aromatic nitrogens is 2. The van der Waals surface area contributed by atoms with Crippen LogP contribution in [0.25, 0.3) is 0 Å². The fourth-order valence-electron chi connectivity index (χ4n) is 1.95. The number of nitrogens with zero attached hydrogens (tertiary/aromatic N) is 2. The Morgan fingerprint density at radius 1 is 1.32 bits per heavy atom. The number of benzene rings is 1. The summed E-state index contributed by atoms with van der Waals surface area (Å²) in [4.78, 5) is 12.6. The van der Waals surface area contributed by atoms with Gasteiger partial charge in [0.2, 0.25) is 0 Å². The van der Waals surface area contributed by atoms with Crippen molar-refractivity contribution in [1.82, 2.24) is 9.78 Å². The number of amides is 2. The van der Waals surface area contributed by atoms with Crippen molar-refractivity contribution >= 4 is 28.2 Å². The molecule has 2 rings (SSSR count). The van der Waals surface area contributed by atoms with Crippen molar-refractivity contribution in [2.45, 2.75) is 25.3 Å². The number of hydrogen-bond acceptors (Lipinski definition) is 3. The summed E-state index contributed by atoms with van der Waals surface area (Å²) in [7, 11) is -1.08. The molecule has 2 amide bonds. The molecule has 6 nitrogen and oxygen atoms in total. The van der Waals surface area contributed by atoms with Gasteiger partial charge in [-0.3, -0.25) is 8.89 Å². The lowest BCUT2D eigenvalue weighted by atomic mass is 10.2. The molecule has 0 bridgehead atoms. The van der Waals surface area contributed by atoms with Crippen molar-refractivity contribution in [3.63, 3.8) is 0 Å². The highest BCUT2D eigenvalue weighted by atomic mass is 32.2. The minimum absolute atomic E-state index is 0.358. The first kappa shape index (κ1) is 16.2. The Morgan fingerprint density at radius 2 is 2.05 bits per heavy atom. The number of carbonyl (C=O) groups is 1. The number of urea groups is 1. The monoisotopic (exact) mass is 320 g/mol. The van der Waals surface area contributed by atoms with Crippen molar-refractivity contribution in [1.29, 1.82) is 0 Å². The third-order valence-corrected chi connectivity index (χ3v) is 3.78. The average molecular weight is 320 g/mol. The highest BCUT2D eigenvalue weighted by molar-refractivity contribution is 7.84. The van der Waals surface area contributed by atoms with E-state index in [-0.39, 0.29) is 6.03 Å². The molecule has 7 heteroatoms. The first-order valence-corrected chi connectivity index (χ1v) is 8.54. The van der Waals surface area contributed by atoms with Gasteiger partial charge in [-0.25, -0.2) is 4.79 Å². The van der Waals surface area contributed by atoms with Crippen LogP contribution in [0, 0.1) is 5.92 Å². The minimum Gasteiger partial charge on any atom is -0.308 e. The van der Waals surface area contributed by atoms with Crippen LogP contribution in [0.3, 0.4) is 0 Å². The molecule has 0 fully saturated rings. The summed E-state index contributed by atoms with van der Waals surface area (Å²) >= 11 is 0. The van der Waals surface area contributed by atoms with Crippen LogP contribution < -0.4 is 10.6 Å². The number of rotatable bonds is 5. The largest absolute Gasteiger partial charge is 0.323 e. The van der Waals surface area contributed by atoms with Crippen molar-refractivity contribution < 1.29 is 9.00 Å². The molecule has 0 aliphatic carbocycles. The summed E-state index contributed by atoms with van der Waals surface area (Å²) in [5.74, 6) is 0.485. The predicted molar refractivity (Wildman–Crippen MR) is 88.5 cm³/mol. The van der Waals surface area contributed by atoms with Gasteiger partial charge in [0.15, 0.2) is 0 Å². The molecule has 22 heavy (non-hydrogen) atoms. The molecule has 0 radical (unpaired) electrons. The zero-order chi connectivity index (χ0) is 16.1. The van der Waals surface area contributed by atoms with E-state index in [0.717, 1.165) is 6.54 Å². The standard InChI is InChI=1S/C15H20N4O2S/c1-11(2)9-19-10-13(8-16-19)18-15(20)17-12-5-4-6-14(7-12)22(3)21/h4-8,10-11H,9H2,1-3H3,(H2,17,18,20)/t22-/m0/s1. The fraction of sp³-hybridized carbons (Fsp3) is 0.333. The minimum atomic E-state index is -1.08. The van der Waals surface area contributed by atoms with Crippen LogP contribution in [-0.4, -0.2) is 26.3 Å². The van der Waals surface area contributed by atoms with Crippen molar-refractivity contribution in [2.24, 2.45) is 5.92 Å². The van der Waals surface area contributed by atoms with Crippen LogP contribution in [-0.2, 0) is 17.3 Å². The number of anilines is 2. The highest BCUT2D eigenvalue weighted by Crippen LogP contribution is 2.14. The molecule has 1 atom stereocenters. The first-order chi connectivity index (χ1) is 10.4. The van der Waals surface area contributed by atoms with Crippen LogP contribution in [0.4, 0.5) is 16.2 Å². The van der Waals surface area contributed by atoms with E-state index in [1.54, 1.807) is 47.6 Å². The van der Waals surface area contributed by atoms with Gasteiger partial charge in [-0.15, -0.1) is 0 Å². The normalized spacial score (nSPS) is 12.2. The van der Waals surface area contributed by atoms with Crippen LogP contribution in [0.1, 0.15) is 13.8 Å². The summed E-state index contributed by atoms with van der Waals surface area (Å²) in [6.45, 7) is 5.01. The van der Waals surface area contributed by atoms with Gasteiger partial charge in [0, 0.05) is 40.4 Å². The molecule has 0 aliphatic rings. The third-order valence-electron chi connectivity index (χ3n) is 2.87. The van der Waals surface area contributed by atoms with E-state index < -0.39 is 10.8 Å². The maximum Gasteiger partial charge on any atom is 0.323 e. The van der Waals surface area contributed by atoms with Crippen LogP contribution in [0.5, 0.6) is 0 Å². The summed E-state index contributed by atoms with van der Waals surface area (Å²) < 4.78 is 13.2. The van der Waals surface area contributed by atoms with E-state index >= 15 is 0 Å². The van der Waals surface area contributed by atoms with Gasteiger partial charge in [0.05, 0.1) is 11.9 Å². The molecule has 0 aliphatic heterocycles. The Kier molecular flexibility index (Phi) is 5.32. The lowest BCUT2D eigenvalue weighted by Gasteiger charge is -2.07. The van der Waals surface area contributed by atoms with Crippen molar-refractivity contribution in [3.05, 3.63) is 36.7 Å². The molecule has 0 unspecified atom stereocenters. The summed E-state index contributed by atoms with van der Waals surface area (Å²) in [5, 5.41) is 9.63. The van der Waals surface area contributed by atoms with Gasteiger partial charge in [-0.2, -0.15) is 5.10 Å². The van der Waals surface area contributed by atoms with E-state index in [9.17, 15) is 9.00 Å². The Morgan fingerprint density at radius 3 is 2.73 bits per heavy atom. The lowest BCUT2D eigenvalue weighted by Crippen LogP contribution is -2.19. The Bertz CT molecular complexity index is 682.